The number of nitrogens with one attached hydrogen (secondary N) is 1. The Balaban J connectivity index is 1.62. The van der Waals surface area contributed by atoms with Crippen LogP contribution in [0.4, 0.5) is 5.69 Å². The van der Waals surface area contributed by atoms with E-state index in [1.807, 2.05) is 6.07 Å². The summed E-state index contributed by atoms with van der Waals surface area (Å²) in [6, 6.07) is 22.4. The molecule has 0 saturated carbocycles. The van der Waals surface area contributed by atoms with E-state index in [1.54, 1.807) is 78.9 Å². The van der Waals surface area contributed by atoms with Crippen LogP contribution in [0.5, 0.6) is 0 Å². The van der Waals surface area contributed by atoms with Crippen molar-refractivity contribution < 1.29 is 19.2 Å². The Morgan fingerprint density at radius 1 is 0.909 bits per heavy atom. The first kappa shape index (κ1) is 22.2. The Bertz CT molecular complexity index is 1180. The van der Waals surface area contributed by atoms with Gasteiger partial charge in [0.1, 0.15) is 6.04 Å². The fraction of sp³-hybridized carbons (Fsp3) is 0.120. The molecule has 0 aromatic heterocycles. The summed E-state index contributed by atoms with van der Waals surface area (Å²) in [7, 11) is 0. The van der Waals surface area contributed by atoms with Gasteiger partial charge < -0.3 is 0 Å². The predicted octanol–water partition coefficient (Wildman–Crippen LogP) is 3.39. The van der Waals surface area contributed by atoms with Crippen LogP contribution in [0.2, 0.25) is 5.02 Å². The van der Waals surface area contributed by atoms with Gasteiger partial charge in [-0.15, -0.1) is 0 Å². The molecular formula is C25H20ClN3O4. The van der Waals surface area contributed by atoms with Gasteiger partial charge in [0.05, 0.1) is 18.5 Å². The standard InChI is InChI=1S/C25H20ClN3O4/c26-19-11-13-20(14-12-19)28-22(30)16-21(25(28)33)29(23(31)15-17-7-3-1-4-8-17)27-24(32)18-9-5-2-6-10-18/h1-14,21H,15-16H2,(H,27,32). The van der Waals surface area contributed by atoms with Crippen molar-refractivity contribution in [2.24, 2.45) is 0 Å². The number of hydrogen-bond acceptors (Lipinski definition) is 4. The van der Waals surface area contributed by atoms with Gasteiger partial charge in [-0.3, -0.25) is 24.6 Å². The predicted molar refractivity (Wildman–Crippen MR) is 123 cm³/mol. The third-order valence-corrected chi connectivity index (χ3v) is 5.50. The van der Waals surface area contributed by atoms with Gasteiger partial charge in [0.15, 0.2) is 0 Å². The first-order valence-electron chi connectivity index (χ1n) is 10.3. The normalized spacial score (nSPS) is 15.4. The molecule has 0 spiro atoms. The number of imide groups is 1. The monoisotopic (exact) mass is 461 g/mol. The lowest BCUT2D eigenvalue weighted by molar-refractivity contribution is -0.140. The highest BCUT2D eigenvalue weighted by molar-refractivity contribution is 6.31. The summed E-state index contributed by atoms with van der Waals surface area (Å²) < 4.78 is 0. The largest absolute Gasteiger partial charge is 0.274 e. The maximum absolute atomic E-state index is 13.2. The summed E-state index contributed by atoms with van der Waals surface area (Å²) in [6.45, 7) is 0. The van der Waals surface area contributed by atoms with Crippen molar-refractivity contribution in [2.75, 3.05) is 4.90 Å². The van der Waals surface area contributed by atoms with Crippen LogP contribution in [0, 0.1) is 0 Å². The molecule has 0 radical (unpaired) electrons. The van der Waals surface area contributed by atoms with Gasteiger partial charge in [0, 0.05) is 10.6 Å². The number of carbonyl (C=O) groups excluding carboxylic acids is 4. The number of hydrazine groups is 1. The van der Waals surface area contributed by atoms with Gasteiger partial charge in [-0.25, -0.2) is 9.91 Å². The molecule has 3 aromatic carbocycles. The zero-order chi connectivity index (χ0) is 23.4. The molecule has 8 heteroatoms. The van der Waals surface area contributed by atoms with Crippen molar-refractivity contribution in [2.45, 2.75) is 18.9 Å². The van der Waals surface area contributed by atoms with Gasteiger partial charge in [-0.1, -0.05) is 60.1 Å². The average Bonchev–Trinajstić information content (AvgIpc) is 3.12. The molecule has 1 unspecified atom stereocenters. The van der Waals surface area contributed by atoms with Crippen LogP contribution in [-0.2, 0) is 20.8 Å². The summed E-state index contributed by atoms with van der Waals surface area (Å²) in [4.78, 5) is 53.0. The van der Waals surface area contributed by atoms with Crippen LogP contribution >= 0.6 is 11.6 Å². The Kier molecular flexibility index (Phi) is 6.51. The average molecular weight is 462 g/mol. The minimum atomic E-state index is -1.17. The lowest BCUT2D eigenvalue weighted by Gasteiger charge is -2.28. The lowest BCUT2D eigenvalue weighted by atomic mass is 10.1. The Morgan fingerprint density at radius 2 is 1.52 bits per heavy atom. The molecule has 7 nitrogen and oxygen atoms in total. The quantitative estimate of drug-likeness (QED) is 0.466. The van der Waals surface area contributed by atoms with E-state index in [0.29, 0.717) is 21.8 Å². The minimum Gasteiger partial charge on any atom is -0.274 e. The highest BCUT2D eigenvalue weighted by atomic mass is 35.5. The molecular weight excluding hydrogens is 442 g/mol. The topological polar surface area (TPSA) is 86.8 Å². The number of amides is 4. The first-order valence-corrected chi connectivity index (χ1v) is 10.7. The Morgan fingerprint density at radius 3 is 2.15 bits per heavy atom. The van der Waals surface area contributed by atoms with E-state index in [1.165, 1.54) is 0 Å². The Labute approximate surface area is 195 Å². The van der Waals surface area contributed by atoms with Crippen molar-refractivity contribution in [3.05, 3.63) is 101 Å². The van der Waals surface area contributed by atoms with Crippen LogP contribution in [0.1, 0.15) is 22.3 Å². The molecule has 0 bridgehead atoms. The van der Waals surface area contributed by atoms with Crippen LogP contribution in [0.25, 0.3) is 0 Å². The van der Waals surface area contributed by atoms with Crippen molar-refractivity contribution in [1.29, 1.82) is 0 Å². The zero-order valence-electron chi connectivity index (χ0n) is 17.5. The van der Waals surface area contributed by atoms with Gasteiger partial charge in [-0.2, -0.15) is 0 Å². The molecule has 4 amide bonds. The van der Waals surface area contributed by atoms with Gasteiger partial charge in [0.2, 0.25) is 11.8 Å². The van der Waals surface area contributed by atoms with Crippen molar-refractivity contribution in [3.63, 3.8) is 0 Å². The first-order chi connectivity index (χ1) is 15.9. The summed E-state index contributed by atoms with van der Waals surface area (Å²) in [5, 5.41) is 1.45. The summed E-state index contributed by atoms with van der Waals surface area (Å²) in [6.07, 6.45) is -0.300. The molecule has 3 aromatic rings. The molecule has 1 aliphatic rings. The van der Waals surface area contributed by atoms with Crippen LogP contribution < -0.4 is 10.3 Å². The van der Waals surface area contributed by atoms with E-state index < -0.39 is 29.7 Å². The van der Waals surface area contributed by atoms with E-state index in [9.17, 15) is 19.2 Å². The lowest BCUT2D eigenvalue weighted by Crippen LogP contribution is -2.55. The number of benzene rings is 3. The molecule has 0 aliphatic carbocycles. The maximum Gasteiger partial charge on any atom is 0.269 e. The molecule has 4 rings (SSSR count). The number of hydrogen-bond donors (Lipinski definition) is 1. The molecule has 33 heavy (non-hydrogen) atoms. The van der Waals surface area contributed by atoms with Gasteiger partial charge in [-0.05, 0) is 42.0 Å². The van der Waals surface area contributed by atoms with Gasteiger partial charge in [0.25, 0.3) is 11.8 Å². The van der Waals surface area contributed by atoms with E-state index in [0.717, 1.165) is 9.91 Å². The zero-order valence-corrected chi connectivity index (χ0v) is 18.2. The minimum absolute atomic E-state index is 0.0468. The third kappa shape index (κ3) is 4.94. The molecule has 1 heterocycles. The second-order valence-corrected chi connectivity index (χ2v) is 7.93. The van der Waals surface area contributed by atoms with Crippen LogP contribution in [0.15, 0.2) is 84.9 Å². The fourth-order valence-electron chi connectivity index (χ4n) is 3.61. The maximum atomic E-state index is 13.2. The van der Waals surface area contributed by atoms with Crippen molar-refractivity contribution >= 4 is 40.9 Å². The third-order valence-electron chi connectivity index (χ3n) is 5.24. The molecule has 1 saturated heterocycles. The molecule has 1 fully saturated rings. The summed E-state index contributed by atoms with van der Waals surface area (Å²) in [5.74, 6) is -2.13. The molecule has 1 aliphatic heterocycles. The molecule has 1 atom stereocenters. The van der Waals surface area contributed by atoms with E-state index in [4.69, 9.17) is 11.6 Å². The number of rotatable bonds is 5. The highest BCUT2D eigenvalue weighted by Crippen LogP contribution is 2.27. The van der Waals surface area contributed by atoms with Crippen LogP contribution in [0.3, 0.4) is 0 Å². The van der Waals surface area contributed by atoms with E-state index in [-0.39, 0.29) is 12.8 Å². The van der Waals surface area contributed by atoms with Gasteiger partial charge >= 0.3 is 0 Å². The molecule has 166 valence electrons. The van der Waals surface area contributed by atoms with E-state index in [2.05, 4.69) is 5.43 Å². The molecule has 1 N–H and O–H groups in total. The SMILES string of the molecule is O=C(NN(C(=O)Cc1ccccc1)C1CC(=O)N(c2ccc(Cl)cc2)C1=O)c1ccccc1. The summed E-state index contributed by atoms with van der Waals surface area (Å²) >= 11 is 5.92. The van der Waals surface area contributed by atoms with Crippen molar-refractivity contribution in [3.8, 4) is 0 Å². The number of nitrogens with zero attached hydrogens (tertiary/aromatic N) is 2. The smallest absolute Gasteiger partial charge is 0.269 e. The second-order valence-electron chi connectivity index (χ2n) is 7.50. The van der Waals surface area contributed by atoms with E-state index >= 15 is 0 Å². The highest BCUT2D eigenvalue weighted by Gasteiger charge is 2.45. The number of halogens is 1. The number of anilines is 1. The van der Waals surface area contributed by atoms with Crippen molar-refractivity contribution in [1.82, 2.24) is 10.4 Å². The van der Waals surface area contributed by atoms with Crippen LogP contribution in [-0.4, -0.2) is 34.7 Å². The fourth-order valence-corrected chi connectivity index (χ4v) is 3.74. The Hall–Kier alpha value is -3.97. The summed E-state index contributed by atoms with van der Waals surface area (Å²) in [5.41, 5.74) is 3.94. The second kappa shape index (κ2) is 9.67. The number of carbonyl (C=O) groups is 4.